The van der Waals surface area contributed by atoms with Gasteiger partial charge >= 0.3 is 0 Å². The van der Waals surface area contributed by atoms with Gasteiger partial charge in [0.25, 0.3) is 0 Å². The molecule has 2 rings (SSSR count). The van der Waals surface area contributed by atoms with E-state index in [1.54, 1.807) is 12.1 Å². The highest BCUT2D eigenvalue weighted by atomic mass is 16.5. The van der Waals surface area contributed by atoms with Crippen LogP contribution in [0.15, 0.2) is 30.3 Å². The molecule has 0 radical (unpaired) electrons. The Hall–Kier alpha value is -2.12. The Balaban J connectivity index is 1.76. The second kappa shape index (κ2) is 9.12. The molecule has 1 saturated heterocycles. The first-order chi connectivity index (χ1) is 11.2. The molecule has 4 heteroatoms. The molecule has 1 aromatic rings. The maximum absolute atomic E-state index is 12.3. The zero-order valence-electron chi connectivity index (χ0n) is 13.4. The zero-order valence-corrected chi connectivity index (χ0v) is 13.4. The van der Waals surface area contributed by atoms with E-state index in [0.29, 0.717) is 31.2 Å². The second-order valence-electron chi connectivity index (χ2n) is 5.86. The Morgan fingerprint density at radius 1 is 1.26 bits per heavy atom. The summed E-state index contributed by atoms with van der Waals surface area (Å²) >= 11 is 0. The molecule has 23 heavy (non-hydrogen) atoms. The minimum absolute atomic E-state index is 0.0184. The average molecular weight is 313 g/mol. The summed E-state index contributed by atoms with van der Waals surface area (Å²) in [6.45, 7) is 2.37. The Kier molecular flexibility index (Phi) is 6.83. The number of nitrogens with zero attached hydrogens (tertiary/aromatic N) is 1. The maximum Gasteiger partial charge on any atom is 0.223 e. The molecule has 1 aliphatic heterocycles. The van der Waals surface area contributed by atoms with E-state index in [1.165, 1.54) is 0 Å². The van der Waals surface area contributed by atoms with E-state index in [-0.39, 0.29) is 24.5 Å². The fraction of sp³-hybridized carbons (Fsp3) is 0.474. The van der Waals surface area contributed by atoms with Crippen molar-refractivity contribution in [2.75, 3.05) is 26.3 Å². The lowest BCUT2D eigenvalue weighted by Gasteiger charge is -2.32. The van der Waals surface area contributed by atoms with E-state index < -0.39 is 0 Å². The van der Waals surface area contributed by atoms with Crippen molar-refractivity contribution in [2.24, 2.45) is 5.92 Å². The van der Waals surface area contributed by atoms with Crippen LogP contribution >= 0.6 is 0 Å². The lowest BCUT2D eigenvalue weighted by molar-refractivity contribution is -0.133. The summed E-state index contributed by atoms with van der Waals surface area (Å²) in [6, 6.07) is 9.11. The third-order valence-corrected chi connectivity index (χ3v) is 4.07. The summed E-state index contributed by atoms with van der Waals surface area (Å²) in [4.78, 5) is 26.2. The number of amides is 1. The predicted molar refractivity (Wildman–Crippen MR) is 89.0 cm³/mol. The SMILES string of the molecule is C#CCOCC1CCCN(C(=O)CCC(=O)c2ccccc2)C1. The van der Waals surface area contributed by atoms with Crippen molar-refractivity contribution < 1.29 is 14.3 Å². The van der Waals surface area contributed by atoms with Gasteiger partial charge in [0.05, 0.1) is 6.61 Å². The van der Waals surface area contributed by atoms with E-state index in [1.807, 2.05) is 23.1 Å². The summed E-state index contributed by atoms with van der Waals surface area (Å²) in [5, 5.41) is 0. The number of hydrogen-bond acceptors (Lipinski definition) is 3. The summed E-state index contributed by atoms with van der Waals surface area (Å²) < 4.78 is 5.38. The first-order valence-electron chi connectivity index (χ1n) is 8.08. The van der Waals surface area contributed by atoms with Gasteiger partial charge < -0.3 is 9.64 Å². The van der Waals surface area contributed by atoms with Crippen molar-refractivity contribution in [3.05, 3.63) is 35.9 Å². The number of likely N-dealkylation sites (tertiary alicyclic amines) is 1. The van der Waals surface area contributed by atoms with Crippen LogP contribution in [0, 0.1) is 18.3 Å². The maximum atomic E-state index is 12.3. The first kappa shape index (κ1) is 17.2. The average Bonchev–Trinajstić information content (AvgIpc) is 2.60. The van der Waals surface area contributed by atoms with E-state index in [9.17, 15) is 9.59 Å². The number of rotatable bonds is 7. The van der Waals surface area contributed by atoms with Crippen LogP contribution in [0.25, 0.3) is 0 Å². The number of carbonyl (C=O) groups excluding carboxylic acids is 2. The van der Waals surface area contributed by atoms with E-state index in [0.717, 1.165) is 19.4 Å². The third-order valence-electron chi connectivity index (χ3n) is 4.07. The number of ether oxygens (including phenoxy) is 1. The van der Waals surface area contributed by atoms with Gasteiger partial charge in [-0.3, -0.25) is 9.59 Å². The number of Topliss-reactive ketones (excluding diaryl/α,β-unsaturated/α-hetero) is 1. The zero-order chi connectivity index (χ0) is 16.5. The van der Waals surface area contributed by atoms with Crippen molar-refractivity contribution in [2.45, 2.75) is 25.7 Å². The smallest absolute Gasteiger partial charge is 0.223 e. The quantitative estimate of drug-likeness (QED) is 0.441. The molecule has 122 valence electrons. The van der Waals surface area contributed by atoms with Crippen molar-refractivity contribution in [1.82, 2.24) is 4.90 Å². The molecule has 1 amide bonds. The Labute approximate surface area is 137 Å². The van der Waals surface area contributed by atoms with Crippen LogP contribution in [0.1, 0.15) is 36.0 Å². The van der Waals surface area contributed by atoms with Gasteiger partial charge in [-0.15, -0.1) is 6.42 Å². The molecule has 1 aliphatic rings. The predicted octanol–water partition coefficient (Wildman–Crippen LogP) is 2.54. The lowest BCUT2D eigenvalue weighted by atomic mass is 9.98. The summed E-state index contributed by atoms with van der Waals surface area (Å²) in [5.74, 6) is 2.86. The number of terminal acetylenes is 1. The Bertz CT molecular complexity index is 562. The van der Waals surface area contributed by atoms with E-state index in [2.05, 4.69) is 5.92 Å². The van der Waals surface area contributed by atoms with Crippen molar-refractivity contribution in [3.8, 4) is 12.3 Å². The summed E-state index contributed by atoms with van der Waals surface area (Å²) in [5.41, 5.74) is 0.666. The molecule has 1 aromatic carbocycles. The third kappa shape index (κ3) is 5.54. The minimum atomic E-state index is 0.0184. The normalized spacial score (nSPS) is 17.5. The molecule has 0 N–H and O–H groups in total. The molecule has 0 bridgehead atoms. The molecule has 0 aliphatic carbocycles. The van der Waals surface area contributed by atoms with Gasteiger partial charge in [-0.2, -0.15) is 0 Å². The molecular formula is C19H23NO3. The van der Waals surface area contributed by atoms with Gasteiger partial charge in [0.15, 0.2) is 5.78 Å². The van der Waals surface area contributed by atoms with Crippen LogP contribution in [-0.4, -0.2) is 42.9 Å². The Morgan fingerprint density at radius 2 is 2.04 bits per heavy atom. The van der Waals surface area contributed by atoms with Crippen molar-refractivity contribution in [3.63, 3.8) is 0 Å². The standard InChI is InChI=1S/C19H23NO3/c1-2-13-23-15-16-7-6-12-20(14-16)19(22)11-10-18(21)17-8-4-3-5-9-17/h1,3-5,8-9,16H,6-7,10-15H2. The number of carbonyl (C=O) groups is 2. The molecule has 4 nitrogen and oxygen atoms in total. The summed E-state index contributed by atoms with van der Waals surface area (Å²) in [7, 11) is 0. The van der Waals surface area contributed by atoms with Crippen LogP contribution < -0.4 is 0 Å². The van der Waals surface area contributed by atoms with Gasteiger partial charge in [-0.05, 0) is 18.8 Å². The Morgan fingerprint density at radius 3 is 2.78 bits per heavy atom. The van der Waals surface area contributed by atoms with Gasteiger partial charge in [0.1, 0.15) is 6.61 Å². The fourth-order valence-electron chi connectivity index (χ4n) is 2.86. The van der Waals surface area contributed by atoms with Gasteiger partial charge in [-0.1, -0.05) is 36.3 Å². The molecule has 1 heterocycles. The highest BCUT2D eigenvalue weighted by Crippen LogP contribution is 2.18. The molecular weight excluding hydrogens is 290 g/mol. The van der Waals surface area contributed by atoms with Crippen molar-refractivity contribution in [1.29, 1.82) is 0 Å². The molecule has 1 fully saturated rings. The van der Waals surface area contributed by atoms with E-state index >= 15 is 0 Å². The molecule has 0 spiro atoms. The number of piperidine rings is 1. The van der Waals surface area contributed by atoms with Crippen molar-refractivity contribution >= 4 is 11.7 Å². The summed E-state index contributed by atoms with van der Waals surface area (Å²) in [6.07, 6.45) is 7.72. The van der Waals surface area contributed by atoms with Crippen LogP contribution in [0.5, 0.6) is 0 Å². The molecule has 0 saturated carbocycles. The highest BCUT2D eigenvalue weighted by molar-refractivity contribution is 5.97. The number of benzene rings is 1. The van der Waals surface area contributed by atoms with E-state index in [4.69, 9.17) is 11.2 Å². The van der Waals surface area contributed by atoms with Gasteiger partial charge in [0.2, 0.25) is 5.91 Å². The highest BCUT2D eigenvalue weighted by Gasteiger charge is 2.24. The number of hydrogen-bond donors (Lipinski definition) is 0. The molecule has 1 atom stereocenters. The minimum Gasteiger partial charge on any atom is -0.368 e. The monoisotopic (exact) mass is 313 g/mol. The number of ketones is 1. The molecule has 0 aromatic heterocycles. The second-order valence-corrected chi connectivity index (χ2v) is 5.86. The largest absolute Gasteiger partial charge is 0.368 e. The van der Waals surface area contributed by atoms with Gasteiger partial charge in [0, 0.05) is 31.5 Å². The lowest BCUT2D eigenvalue weighted by Crippen LogP contribution is -2.41. The fourth-order valence-corrected chi connectivity index (χ4v) is 2.86. The van der Waals surface area contributed by atoms with Crippen LogP contribution in [0.2, 0.25) is 0 Å². The van der Waals surface area contributed by atoms with Crippen LogP contribution in [0.4, 0.5) is 0 Å². The van der Waals surface area contributed by atoms with Crippen LogP contribution in [0.3, 0.4) is 0 Å². The topological polar surface area (TPSA) is 46.6 Å². The van der Waals surface area contributed by atoms with Gasteiger partial charge in [-0.25, -0.2) is 0 Å². The first-order valence-corrected chi connectivity index (χ1v) is 8.08. The molecule has 1 unspecified atom stereocenters. The van der Waals surface area contributed by atoms with Crippen LogP contribution in [-0.2, 0) is 9.53 Å².